The molecular weight excluding hydrogens is 345 g/mol. The van der Waals surface area contributed by atoms with Crippen molar-refractivity contribution >= 4 is 22.5 Å². The van der Waals surface area contributed by atoms with Gasteiger partial charge in [-0.15, -0.1) is 0 Å². The largest absolute Gasteiger partial charge is 0.478 e. The van der Waals surface area contributed by atoms with Gasteiger partial charge in [0.2, 0.25) is 0 Å². The molecule has 0 fully saturated rings. The molecule has 0 atom stereocenters. The second-order valence-corrected chi connectivity index (χ2v) is 6.54. The van der Waals surface area contributed by atoms with Crippen LogP contribution in [-0.4, -0.2) is 25.0 Å². The molecule has 0 saturated carbocycles. The molecule has 0 radical (unpaired) electrons. The Labute approximate surface area is 155 Å². The third-order valence-electron chi connectivity index (χ3n) is 4.56. The Balaban J connectivity index is 1.78. The zero-order valence-corrected chi connectivity index (χ0v) is 14.8. The van der Waals surface area contributed by atoms with Crippen LogP contribution in [0.4, 0.5) is 4.39 Å². The first-order valence-corrected chi connectivity index (χ1v) is 8.61. The van der Waals surface area contributed by atoms with Gasteiger partial charge in [0.1, 0.15) is 11.5 Å². The fourth-order valence-electron chi connectivity index (χ4n) is 3.47. The van der Waals surface area contributed by atoms with Gasteiger partial charge in [0, 0.05) is 30.1 Å². The van der Waals surface area contributed by atoms with Gasteiger partial charge in [-0.1, -0.05) is 12.1 Å². The lowest BCUT2D eigenvalue weighted by Gasteiger charge is -2.08. The molecule has 0 aliphatic carbocycles. The van der Waals surface area contributed by atoms with Crippen molar-refractivity contribution in [3.05, 3.63) is 83.7 Å². The zero-order chi connectivity index (χ0) is 19.0. The number of fused-ring (bicyclic) bond motifs is 2. The number of pyridine rings is 1. The fraction of sp³-hybridized carbons (Fsp3) is 0.143. The summed E-state index contributed by atoms with van der Waals surface area (Å²) in [6.07, 6.45) is 8.87. The number of aryl methyl sites for hydroxylation is 1. The van der Waals surface area contributed by atoms with E-state index in [1.807, 2.05) is 48.1 Å². The average Bonchev–Trinajstić information content (AvgIpc) is 3.15. The maximum Gasteiger partial charge on any atom is 0.327 e. The molecule has 0 amide bonds. The summed E-state index contributed by atoms with van der Waals surface area (Å²) in [6, 6.07) is 8.82. The van der Waals surface area contributed by atoms with E-state index in [0.717, 1.165) is 39.4 Å². The number of carboxylic acids is 1. The molecule has 5 nitrogen and oxygen atoms in total. The van der Waals surface area contributed by atoms with E-state index in [1.165, 1.54) is 18.2 Å². The number of hydrogen-bond donors (Lipinski definition) is 1. The predicted octanol–water partition coefficient (Wildman–Crippen LogP) is 3.97. The maximum absolute atomic E-state index is 14.1. The fourth-order valence-corrected chi connectivity index (χ4v) is 3.47. The number of carboxylic acid groups (broad SMARTS) is 1. The highest BCUT2D eigenvalue weighted by Gasteiger charge is 2.13. The molecular formula is C21H18FN3O2. The average molecular weight is 363 g/mol. The summed E-state index contributed by atoms with van der Waals surface area (Å²) < 4.78 is 18.1. The van der Waals surface area contributed by atoms with Gasteiger partial charge in [0.05, 0.1) is 17.8 Å². The summed E-state index contributed by atoms with van der Waals surface area (Å²) >= 11 is 0. The van der Waals surface area contributed by atoms with Gasteiger partial charge >= 0.3 is 5.97 Å². The summed E-state index contributed by atoms with van der Waals surface area (Å²) in [7, 11) is 0. The normalized spacial score (nSPS) is 11.8. The minimum absolute atomic E-state index is 0.324. The van der Waals surface area contributed by atoms with E-state index in [2.05, 4.69) is 9.55 Å². The van der Waals surface area contributed by atoms with Gasteiger partial charge in [0.25, 0.3) is 0 Å². The quantitative estimate of drug-likeness (QED) is 0.546. The lowest BCUT2D eigenvalue weighted by molar-refractivity contribution is -0.131. The number of benzene rings is 1. The van der Waals surface area contributed by atoms with E-state index in [9.17, 15) is 9.18 Å². The molecule has 1 N–H and O–H groups in total. The smallest absolute Gasteiger partial charge is 0.327 e. The number of aliphatic carboxylic acids is 1. The highest BCUT2D eigenvalue weighted by atomic mass is 19.1. The second-order valence-electron chi connectivity index (χ2n) is 6.54. The van der Waals surface area contributed by atoms with Gasteiger partial charge in [-0.3, -0.25) is 0 Å². The highest BCUT2D eigenvalue weighted by Crippen LogP contribution is 2.27. The van der Waals surface area contributed by atoms with Crippen molar-refractivity contribution in [2.45, 2.75) is 19.9 Å². The minimum Gasteiger partial charge on any atom is -0.478 e. The Morgan fingerprint density at radius 3 is 2.93 bits per heavy atom. The van der Waals surface area contributed by atoms with Gasteiger partial charge in [-0.2, -0.15) is 0 Å². The summed E-state index contributed by atoms with van der Waals surface area (Å²) in [5, 5.41) is 9.64. The zero-order valence-electron chi connectivity index (χ0n) is 14.8. The maximum atomic E-state index is 14.1. The van der Waals surface area contributed by atoms with Crippen molar-refractivity contribution in [1.82, 2.24) is 14.0 Å². The molecule has 4 aromatic rings. The summed E-state index contributed by atoms with van der Waals surface area (Å²) in [5.41, 5.74) is 4.39. The molecule has 0 bridgehead atoms. The molecule has 1 aromatic carbocycles. The van der Waals surface area contributed by atoms with Crippen LogP contribution in [0, 0.1) is 12.7 Å². The number of rotatable bonds is 5. The summed E-state index contributed by atoms with van der Waals surface area (Å²) in [5.74, 6) is -1.34. The van der Waals surface area contributed by atoms with Crippen LogP contribution < -0.4 is 0 Å². The molecule has 0 aliphatic heterocycles. The molecule has 0 unspecified atom stereocenters. The topological polar surface area (TPSA) is 59.5 Å². The number of halogens is 1. The van der Waals surface area contributed by atoms with E-state index in [-0.39, 0.29) is 5.82 Å². The van der Waals surface area contributed by atoms with E-state index in [1.54, 1.807) is 0 Å². The van der Waals surface area contributed by atoms with Crippen LogP contribution >= 0.6 is 0 Å². The Kier molecular flexibility index (Phi) is 4.24. The van der Waals surface area contributed by atoms with Crippen LogP contribution in [0.1, 0.15) is 16.8 Å². The molecule has 3 aromatic heterocycles. The summed E-state index contributed by atoms with van der Waals surface area (Å²) in [4.78, 5) is 15.4. The number of carbonyl (C=O) groups is 1. The second kappa shape index (κ2) is 6.72. The highest BCUT2D eigenvalue weighted by molar-refractivity contribution is 5.87. The van der Waals surface area contributed by atoms with Gasteiger partial charge in [-0.05, 0) is 48.7 Å². The number of allylic oxidation sites excluding steroid dienone is 1. The molecule has 0 aliphatic rings. The Morgan fingerprint density at radius 2 is 2.15 bits per heavy atom. The molecule has 27 heavy (non-hydrogen) atoms. The van der Waals surface area contributed by atoms with Crippen molar-refractivity contribution in [1.29, 1.82) is 0 Å². The first kappa shape index (κ1) is 17.0. The first-order valence-electron chi connectivity index (χ1n) is 8.61. The number of nitrogens with zero attached hydrogens (tertiary/aromatic N) is 3. The van der Waals surface area contributed by atoms with Crippen LogP contribution in [0.3, 0.4) is 0 Å². The SMILES string of the molecule is Cc1cn(Cc2cn3ccccc3n2)c2c(C/C=C/C(=O)O)cc(F)cc12. The molecule has 6 heteroatoms. The Morgan fingerprint density at radius 1 is 1.30 bits per heavy atom. The van der Waals surface area contributed by atoms with E-state index >= 15 is 0 Å². The predicted molar refractivity (Wildman–Crippen MR) is 101 cm³/mol. The van der Waals surface area contributed by atoms with Crippen LogP contribution in [0.2, 0.25) is 0 Å². The standard InChI is InChI=1S/C21H18FN3O2/c1-14-11-25(13-17-12-24-8-3-2-6-19(24)23-17)21-15(5-4-7-20(26)27)9-16(22)10-18(14)21/h2-4,6-12H,5,13H2,1H3,(H,26,27)/b7-4+. The van der Waals surface area contributed by atoms with Gasteiger partial charge < -0.3 is 14.1 Å². The van der Waals surface area contributed by atoms with E-state index < -0.39 is 5.97 Å². The Hall–Kier alpha value is -3.41. The van der Waals surface area contributed by atoms with Crippen molar-refractivity contribution in [3.8, 4) is 0 Å². The van der Waals surface area contributed by atoms with Gasteiger partial charge in [-0.25, -0.2) is 14.2 Å². The lowest BCUT2D eigenvalue weighted by atomic mass is 10.1. The van der Waals surface area contributed by atoms with Crippen LogP contribution in [0.5, 0.6) is 0 Å². The third kappa shape index (κ3) is 3.33. The molecule has 136 valence electrons. The number of aromatic nitrogens is 3. The van der Waals surface area contributed by atoms with Gasteiger partial charge in [0.15, 0.2) is 0 Å². The van der Waals surface area contributed by atoms with Crippen LogP contribution in [0.25, 0.3) is 16.6 Å². The van der Waals surface area contributed by atoms with Crippen molar-refractivity contribution in [2.24, 2.45) is 0 Å². The van der Waals surface area contributed by atoms with E-state index in [0.29, 0.717) is 13.0 Å². The van der Waals surface area contributed by atoms with E-state index in [4.69, 9.17) is 5.11 Å². The first-order chi connectivity index (χ1) is 13.0. The minimum atomic E-state index is -1.01. The number of imidazole rings is 1. The molecule has 0 spiro atoms. The third-order valence-corrected chi connectivity index (χ3v) is 4.56. The molecule has 3 heterocycles. The van der Waals surface area contributed by atoms with Crippen molar-refractivity contribution in [2.75, 3.05) is 0 Å². The monoisotopic (exact) mass is 363 g/mol. The Bertz CT molecular complexity index is 1150. The molecule has 0 saturated heterocycles. The molecule has 4 rings (SSSR count). The summed E-state index contributed by atoms with van der Waals surface area (Å²) in [6.45, 7) is 2.49. The van der Waals surface area contributed by atoms with Crippen molar-refractivity contribution in [3.63, 3.8) is 0 Å². The van der Waals surface area contributed by atoms with Crippen LogP contribution in [-0.2, 0) is 17.8 Å². The van der Waals surface area contributed by atoms with Crippen LogP contribution in [0.15, 0.2) is 61.1 Å². The lowest BCUT2D eigenvalue weighted by Crippen LogP contribution is -2.01. The number of hydrogen-bond acceptors (Lipinski definition) is 2. The van der Waals surface area contributed by atoms with Crippen molar-refractivity contribution < 1.29 is 14.3 Å².